The normalized spacial score (nSPS) is 11.7. The third kappa shape index (κ3) is 4.60. The van der Waals surface area contributed by atoms with Gasteiger partial charge in [0, 0.05) is 29.1 Å². The molecule has 1 heterocycles. The molecule has 0 aliphatic heterocycles. The van der Waals surface area contributed by atoms with Crippen molar-refractivity contribution in [2.24, 2.45) is 0 Å². The molecule has 3 rings (SSSR count). The van der Waals surface area contributed by atoms with E-state index in [1.165, 1.54) is 14.2 Å². The number of aromatic nitrogens is 1. The molecule has 0 fully saturated rings. The number of nitrogens with one attached hydrogen (secondary N) is 2. The van der Waals surface area contributed by atoms with Crippen LogP contribution in [-0.4, -0.2) is 42.4 Å². The standard InChI is InChI=1S/C21H22N2O6/c1-27-18-9-5-6-13(19(18)28-2)12-29-21(26)23-17(20(24)25)10-14-11-22-16-8-4-3-7-15(14)16/h3-9,11,17,22H,10,12H2,1-2H3,(H,23,26)(H,24,25)/t17-/m0/s1. The number of hydrogen-bond acceptors (Lipinski definition) is 5. The van der Waals surface area contributed by atoms with Crippen LogP contribution in [0, 0.1) is 0 Å². The number of methoxy groups -OCH3 is 2. The van der Waals surface area contributed by atoms with Gasteiger partial charge in [0.05, 0.1) is 14.2 Å². The van der Waals surface area contributed by atoms with Crippen LogP contribution in [0.4, 0.5) is 4.79 Å². The predicted octanol–water partition coefficient (Wildman–Crippen LogP) is 3.11. The number of ether oxygens (including phenoxy) is 3. The Kier molecular flexibility index (Phi) is 6.23. The van der Waals surface area contributed by atoms with E-state index in [2.05, 4.69) is 10.3 Å². The first-order chi connectivity index (χ1) is 14.0. The van der Waals surface area contributed by atoms with E-state index in [-0.39, 0.29) is 13.0 Å². The van der Waals surface area contributed by atoms with Crippen LogP contribution in [0.2, 0.25) is 0 Å². The van der Waals surface area contributed by atoms with Crippen molar-refractivity contribution in [3.05, 3.63) is 59.8 Å². The molecule has 0 unspecified atom stereocenters. The van der Waals surface area contributed by atoms with Crippen LogP contribution >= 0.6 is 0 Å². The predicted molar refractivity (Wildman–Crippen MR) is 106 cm³/mol. The summed E-state index contributed by atoms with van der Waals surface area (Å²) in [5.41, 5.74) is 2.30. The van der Waals surface area contributed by atoms with Crippen LogP contribution < -0.4 is 14.8 Å². The number of fused-ring (bicyclic) bond motifs is 1. The third-order valence-corrected chi connectivity index (χ3v) is 4.53. The maximum absolute atomic E-state index is 12.2. The molecule has 2 aromatic carbocycles. The fourth-order valence-electron chi connectivity index (χ4n) is 3.12. The summed E-state index contributed by atoms with van der Waals surface area (Å²) in [6, 6.07) is 11.6. The van der Waals surface area contributed by atoms with Crippen molar-refractivity contribution in [3.8, 4) is 11.5 Å². The second kappa shape index (κ2) is 9.01. The maximum atomic E-state index is 12.2. The Morgan fingerprint density at radius 2 is 1.86 bits per heavy atom. The van der Waals surface area contributed by atoms with Crippen molar-refractivity contribution in [3.63, 3.8) is 0 Å². The molecule has 0 saturated heterocycles. The Hall–Kier alpha value is -3.68. The first-order valence-electron chi connectivity index (χ1n) is 8.94. The number of amides is 1. The Balaban J connectivity index is 1.65. The van der Waals surface area contributed by atoms with Gasteiger partial charge in [-0.05, 0) is 17.7 Å². The minimum absolute atomic E-state index is 0.0916. The number of rotatable bonds is 8. The number of carbonyl (C=O) groups is 2. The van der Waals surface area contributed by atoms with Crippen LogP contribution in [-0.2, 0) is 22.6 Å². The molecule has 3 aromatic rings. The van der Waals surface area contributed by atoms with Crippen LogP contribution in [0.1, 0.15) is 11.1 Å². The van der Waals surface area contributed by atoms with Gasteiger partial charge in [0.15, 0.2) is 11.5 Å². The molecule has 1 amide bonds. The van der Waals surface area contributed by atoms with Crippen LogP contribution in [0.3, 0.4) is 0 Å². The van der Waals surface area contributed by atoms with Crippen molar-refractivity contribution in [2.75, 3.05) is 14.2 Å². The second-order valence-corrected chi connectivity index (χ2v) is 6.33. The number of aliphatic carboxylic acids is 1. The number of hydrogen-bond donors (Lipinski definition) is 3. The first kappa shape index (κ1) is 20.1. The zero-order valence-corrected chi connectivity index (χ0v) is 16.1. The number of carbonyl (C=O) groups excluding carboxylic acids is 1. The van der Waals surface area contributed by atoms with E-state index in [1.54, 1.807) is 24.4 Å². The van der Waals surface area contributed by atoms with Crippen LogP contribution in [0.15, 0.2) is 48.7 Å². The van der Waals surface area contributed by atoms with Gasteiger partial charge in [-0.3, -0.25) is 0 Å². The summed E-state index contributed by atoms with van der Waals surface area (Å²) in [6.07, 6.45) is 1.04. The minimum atomic E-state index is -1.15. The van der Waals surface area contributed by atoms with Gasteiger partial charge >= 0.3 is 12.1 Å². The van der Waals surface area contributed by atoms with Gasteiger partial charge in [0.2, 0.25) is 0 Å². The van der Waals surface area contributed by atoms with Gasteiger partial charge in [-0.2, -0.15) is 0 Å². The topological polar surface area (TPSA) is 110 Å². The maximum Gasteiger partial charge on any atom is 0.408 e. The molecule has 3 N–H and O–H groups in total. The molecular formula is C21H22N2O6. The quantitative estimate of drug-likeness (QED) is 0.538. The summed E-state index contributed by atoms with van der Waals surface area (Å²) in [5.74, 6) is -0.181. The summed E-state index contributed by atoms with van der Waals surface area (Å²) in [6.45, 7) is -0.0916. The molecule has 1 aromatic heterocycles. The Morgan fingerprint density at radius 3 is 2.59 bits per heavy atom. The van der Waals surface area contributed by atoms with Gasteiger partial charge in [-0.1, -0.05) is 30.3 Å². The molecular weight excluding hydrogens is 376 g/mol. The van der Waals surface area contributed by atoms with E-state index >= 15 is 0 Å². The number of para-hydroxylation sites is 2. The molecule has 0 radical (unpaired) electrons. The number of benzene rings is 2. The number of carboxylic acids is 1. The molecule has 1 atom stereocenters. The SMILES string of the molecule is COc1cccc(COC(=O)N[C@@H](Cc2c[nH]c3ccccc23)C(=O)O)c1OC. The van der Waals surface area contributed by atoms with Crippen molar-refractivity contribution in [1.29, 1.82) is 0 Å². The molecule has 0 aliphatic carbocycles. The zero-order valence-electron chi connectivity index (χ0n) is 16.1. The fraction of sp³-hybridized carbons (Fsp3) is 0.238. The number of aromatic amines is 1. The monoisotopic (exact) mass is 398 g/mol. The summed E-state index contributed by atoms with van der Waals surface area (Å²) in [4.78, 5) is 26.9. The molecule has 8 nitrogen and oxygen atoms in total. The molecule has 0 saturated carbocycles. The first-order valence-corrected chi connectivity index (χ1v) is 8.94. The lowest BCUT2D eigenvalue weighted by atomic mass is 10.1. The van der Waals surface area contributed by atoms with Crippen LogP contribution in [0.5, 0.6) is 11.5 Å². The highest BCUT2D eigenvalue weighted by molar-refractivity contribution is 5.85. The number of carboxylic acid groups (broad SMARTS) is 1. The van der Waals surface area contributed by atoms with Crippen molar-refractivity contribution in [1.82, 2.24) is 10.3 Å². The highest BCUT2D eigenvalue weighted by Crippen LogP contribution is 2.31. The lowest BCUT2D eigenvalue weighted by Gasteiger charge is -2.16. The highest BCUT2D eigenvalue weighted by atomic mass is 16.6. The average molecular weight is 398 g/mol. The van der Waals surface area contributed by atoms with Gasteiger partial charge < -0.3 is 29.6 Å². The zero-order chi connectivity index (χ0) is 20.8. The van der Waals surface area contributed by atoms with Crippen molar-refractivity contribution >= 4 is 23.0 Å². The van der Waals surface area contributed by atoms with Gasteiger partial charge in [0.25, 0.3) is 0 Å². The fourth-order valence-corrected chi connectivity index (χ4v) is 3.12. The molecule has 29 heavy (non-hydrogen) atoms. The van der Waals surface area contributed by atoms with E-state index in [0.29, 0.717) is 17.1 Å². The molecule has 8 heteroatoms. The van der Waals surface area contributed by atoms with Crippen LogP contribution in [0.25, 0.3) is 10.9 Å². The number of H-pyrrole nitrogens is 1. The summed E-state index contributed by atoms with van der Waals surface area (Å²) in [5, 5.41) is 12.8. The largest absolute Gasteiger partial charge is 0.493 e. The summed E-state index contributed by atoms with van der Waals surface area (Å²) in [7, 11) is 3.00. The lowest BCUT2D eigenvalue weighted by molar-refractivity contribution is -0.139. The molecule has 0 spiro atoms. The Morgan fingerprint density at radius 1 is 1.07 bits per heavy atom. The van der Waals surface area contributed by atoms with E-state index in [1.807, 2.05) is 24.3 Å². The van der Waals surface area contributed by atoms with Crippen molar-refractivity contribution < 1.29 is 28.9 Å². The molecule has 152 valence electrons. The summed E-state index contributed by atoms with van der Waals surface area (Å²) >= 11 is 0. The van der Waals surface area contributed by atoms with E-state index < -0.39 is 18.1 Å². The lowest BCUT2D eigenvalue weighted by Crippen LogP contribution is -2.42. The minimum Gasteiger partial charge on any atom is -0.493 e. The Labute approximate surface area is 167 Å². The molecule has 0 aliphatic rings. The van der Waals surface area contributed by atoms with Gasteiger partial charge in [-0.15, -0.1) is 0 Å². The van der Waals surface area contributed by atoms with E-state index in [4.69, 9.17) is 14.2 Å². The second-order valence-electron chi connectivity index (χ2n) is 6.33. The molecule has 0 bridgehead atoms. The van der Waals surface area contributed by atoms with Gasteiger partial charge in [0.1, 0.15) is 12.6 Å². The summed E-state index contributed by atoms with van der Waals surface area (Å²) < 4.78 is 15.7. The smallest absolute Gasteiger partial charge is 0.408 e. The highest BCUT2D eigenvalue weighted by Gasteiger charge is 2.23. The average Bonchev–Trinajstić information content (AvgIpc) is 3.14. The van der Waals surface area contributed by atoms with Gasteiger partial charge in [-0.25, -0.2) is 9.59 Å². The third-order valence-electron chi connectivity index (χ3n) is 4.53. The van der Waals surface area contributed by atoms with E-state index in [0.717, 1.165) is 16.5 Å². The van der Waals surface area contributed by atoms with Crippen molar-refractivity contribution in [2.45, 2.75) is 19.1 Å². The Bertz CT molecular complexity index is 1010. The number of alkyl carbamates (subject to hydrolysis) is 1. The van der Waals surface area contributed by atoms with E-state index in [9.17, 15) is 14.7 Å².